The molecule has 6 nitrogen and oxygen atoms in total. The lowest BCUT2D eigenvalue weighted by Gasteiger charge is -2.21. The first-order chi connectivity index (χ1) is 13.1. The highest BCUT2D eigenvalue weighted by Gasteiger charge is 2.15. The molecule has 1 aromatic heterocycles. The van der Waals surface area contributed by atoms with Crippen molar-refractivity contribution < 1.29 is 4.79 Å². The van der Waals surface area contributed by atoms with Crippen LogP contribution in [-0.4, -0.2) is 21.6 Å². The molecule has 0 atom stereocenters. The number of para-hydroxylation sites is 1. The number of nitrogens with zero attached hydrogens (tertiary/aromatic N) is 2. The average molecular weight is 371 g/mol. The van der Waals surface area contributed by atoms with Crippen LogP contribution in [0, 0.1) is 5.92 Å². The molecule has 1 aromatic carbocycles. The fourth-order valence-corrected chi connectivity index (χ4v) is 4.10. The molecule has 3 rings (SSSR count). The average Bonchev–Trinajstić information content (AvgIpc) is 2.70. The SMILES string of the molecule is CCn1c(=O)c2ccccc2n(CC(=O)NCCCC2CCCCC2)c1=O. The third-order valence-electron chi connectivity index (χ3n) is 5.59. The number of nitrogens with one attached hydrogen (secondary N) is 1. The Kier molecular flexibility index (Phi) is 6.48. The second-order valence-corrected chi connectivity index (χ2v) is 7.43. The van der Waals surface area contributed by atoms with Crippen LogP contribution in [0.15, 0.2) is 33.9 Å². The summed E-state index contributed by atoms with van der Waals surface area (Å²) in [5.74, 6) is 0.613. The van der Waals surface area contributed by atoms with Crippen LogP contribution in [0.2, 0.25) is 0 Å². The van der Waals surface area contributed by atoms with Crippen molar-refractivity contribution in [2.75, 3.05) is 6.54 Å². The Bertz CT molecular complexity index is 907. The van der Waals surface area contributed by atoms with Crippen LogP contribution in [0.4, 0.5) is 0 Å². The van der Waals surface area contributed by atoms with Crippen LogP contribution >= 0.6 is 0 Å². The Morgan fingerprint density at radius 2 is 1.85 bits per heavy atom. The molecule has 1 heterocycles. The number of carbonyl (C=O) groups is 1. The monoisotopic (exact) mass is 371 g/mol. The zero-order chi connectivity index (χ0) is 19.2. The summed E-state index contributed by atoms with van der Waals surface area (Å²) >= 11 is 0. The van der Waals surface area contributed by atoms with E-state index >= 15 is 0 Å². The molecular formula is C21H29N3O3. The van der Waals surface area contributed by atoms with Gasteiger partial charge in [-0.1, -0.05) is 44.2 Å². The molecule has 1 amide bonds. The Balaban J connectivity index is 1.66. The lowest BCUT2D eigenvalue weighted by Crippen LogP contribution is -2.42. The van der Waals surface area contributed by atoms with Crippen LogP contribution in [0.3, 0.4) is 0 Å². The van der Waals surface area contributed by atoms with Crippen LogP contribution in [-0.2, 0) is 17.9 Å². The van der Waals surface area contributed by atoms with Gasteiger partial charge in [-0.15, -0.1) is 0 Å². The first kappa shape index (κ1) is 19.4. The fourth-order valence-electron chi connectivity index (χ4n) is 4.10. The quantitative estimate of drug-likeness (QED) is 0.761. The van der Waals surface area contributed by atoms with Crippen molar-refractivity contribution in [2.24, 2.45) is 5.92 Å². The number of fused-ring (bicyclic) bond motifs is 1. The summed E-state index contributed by atoms with van der Waals surface area (Å²) in [6.45, 7) is 2.61. The number of hydrogen-bond donors (Lipinski definition) is 1. The Morgan fingerprint density at radius 1 is 1.11 bits per heavy atom. The molecule has 1 aliphatic rings. The highest BCUT2D eigenvalue weighted by atomic mass is 16.2. The summed E-state index contributed by atoms with van der Waals surface area (Å²) in [5.41, 5.74) is -0.227. The van der Waals surface area contributed by atoms with Gasteiger partial charge in [-0.3, -0.25) is 18.7 Å². The maximum Gasteiger partial charge on any atom is 0.331 e. The third kappa shape index (κ3) is 4.49. The van der Waals surface area contributed by atoms with Gasteiger partial charge in [0.05, 0.1) is 10.9 Å². The lowest BCUT2D eigenvalue weighted by atomic mass is 9.86. The standard InChI is InChI=1S/C21H29N3O3/c1-2-23-20(26)17-12-6-7-13-18(17)24(21(23)27)15-19(25)22-14-8-11-16-9-4-3-5-10-16/h6-7,12-13,16H,2-5,8-11,14-15H2,1H3,(H,22,25). The third-order valence-corrected chi connectivity index (χ3v) is 5.59. The van der Waals surface area contributed by atoms with E-state index in [1.54, 1.807) is 31.2 Å². The van der Waals surface area contributed by atoms with E-state index < -0.39 is 5.69 Å². The zero-order valence-electron chi connectivity index (χ0n) is 16.1. The van der Waals surface area contributed by atoms with Crippen molar-refractivity contribution in [3.8, 4) is 0 Å². The van der Waals surface area contributed by atoms with Gasteiger partial charge in [-0.2, -0.15) is 0 Å². The van der Waals surface area contributed by atoms with E-state index in [0.717, 1.165) is 18.8 Å². The van der Waals surface area contributed by atoms with Gasteiger partial charge < -0.3 is 5.32 Å². The zero-order valence-corrected chi connectivity index (χ0v) is 16.1. The summed E-state index contributed by atoms with van der Waals surface area (Å²) in [7, 11) is 0. The van der Waals surface area contributed by atoms with Crippen LogP contribution in [0.25, 0.3) is 10.9 Å². The van der Waals surface area contributed by atoms with E-state index in [4.69, 9.17) is 0 Å². The molecule has 0 radical (unpaired) electrons. The summed E-state index contributed by atoms with van der Waals surface area (Å²) in [6.07, 6.45) is 8.78. The Hall–Kier alpha value is -2.37. The number of benzene rings is 1. The predicted molar refractivity (Wildman–Crippen MR) is 107 cm³/mol. The molecule has 0 spiro atoms. The van der Waals surface area contributed by atoms with Crippen molar-refractivity contribution in [1.82, 2.24) is 14.5 Å². The normalized spacial score (nSPS) is 15.1. The predicted octanol–water partition coefficient (Wildman–Crippen LogP) is 2.66. The minimum absolute atomic E-state index is 0.0664. The van der Waals surface area contributed by atoms with Gasteiger partial charge in [-0.05, 0) is 37.8 Å². The fraction of sp³-hybridized carbons (Fsp3) is 0.571. The van der Waals surface area contributed by atoms with Crippen molar-refractivity contribution in [3.05, 3.63) is 45.1 Å². The smallest absolute Gasteiger partial charge is 0.331 e. The summed E-state index contributed by atoms with van der Waals surface area (Å²) in [6, 6.07) is 6.95. The summed E-state index contributed by atoms with van der Waals surface area (Å²) in [4.78, 5) is 37.5. The van der Waals surface area contributed by atoms with E-state index in [-0.39, 0.29) is 24.6 Å². The molecule has 1 saturated carbocycles. The largest absolute Gasteiger partial charge is 0.355 e. The molecule has 0 bridgehead atoms. The lowest BCUT2D eigenvalue weighted by molar-refractivity contribution is -0.121. The molecule has 146 valence electrons. The maximum absolute atomic E-state index is 12.7. The number of rotatable bonds is 7. The van der Waals surface area contributed by atoms with E-state index in [0.29, 0.717) is 17.4 Å². The second kappa shape index (κ2) is 9.02. The molecule has 6 heteroatoms. The second-order valence-electron chi connectivity index (χ2n) is 7.43. The van der Waals surface area contributed by atoms with E-state index in [1.165, 1.54) is 41.2 Å². The molecule has 2 aromatic rings. The molecular weight excluding hydrogens is 342 g/mol. The molecule has 0 unspecified atom stereocenters. The van der Waals surface area contributed by atoms with Crippen LogP contribution in [0.1, 0.15) is 51.9 Å². The molecule has 1 aliphatic carbocycles. The first-order valence-corrected chi connectivity index (χ1v) is 10.1. The van der Waals surface area contributed by atoms with Crippen molar-refractivity contribution in [2.45, 2.75) is 65.0 Å². The number of hydrogen-bond acceptors (Lipinski definition) is 3. The Morgan fingerprint density at radius 3 is 2.59 bits per heavy atom. The highest BCUT2D eigenvalue weighted by molar-refractivity contribution is 5.81. The highest BCUT2D eigenvalue weighted by Crippen LogP contribution is 2.26. The summed E-state index contributed by atoms with van der Waals surface area (Å²) in [5, 5.41) is 3.39. The van der Waals surface area contributed by atoms with E-state index in [2.05, 4.69) is 5.32 Å². The molecule has 0 saturated heterocycles. The minimum Gasteiger partial charge on any atom is -0.355 e. The first-order valence-electron chi connectivity index (χ1n) is 10.1. The van der Waals surface area contributed by atoms with Gasteiger partial charge in [0, 0.05) is 13.1 Å². The molecule has 27 heavy (non-hydrogen) atoms. The van der Waals surface area contributed by atoms with Gasteiger partial charge in [-0.25, -0.2) is 4.79 Å². The maximum atomic E-state index is 12.7. The van der Waals surface area contributed by atoms with E-state index in [9.17, 15) is 14.4 Å². The van der Waals surface area contributed by atoms with E-state index in [1.807, 2.05) is 0 Å². The van der Waals surface area contributed by atoms with Crippen LogP contribution in [0.5, 0.6) is 0 Å². The van der Waals surface area contributed by atoms with Gasteiger partial charge in [0.1, 0.15) is 6.54 Å². The van der Waals surface area contributed by atoms with Crippen LogP contribution < -0.4 is 16.6 Å². The van der Waals surface area contributed by atoms with Crippen molar-refractivity contribution >= 4 is 16.8 Å². The van der Waals surface area contributed by atoms with Gasteiger partial charge in [0.15, 0.2) is 0 Å². The van der Waals surface area contributed by atoms with Gasteiger partial charge in [0.2, 0.25) is 5.91 Å². The van der Waals surface area contributed by atoms with Gasteiger partial charge >= 0.3 is 5.69 Å². The van der Waals surface area contributed by atoms with Crippen molar-refractivity contribution in [1.29, 1.82) is 0 Å². The topological polar surface area (TPSA) is 73.1 Å². The number of carbonyl (C=O) groups excluding carboxylic acids is 1. The number of amides is 1. The summed E-state index contributed by atoms with van der Waals surface area (Å²) < 4.78 is 2.58. The molecule has 1 fully saturated rings. The minimum atomic E-state index is -0.432. The van der Waals surface area contributed by atoms with Crippen molar-refractivity contribution in [3.63, 3.8) is 0 Å². The number of aromatic nitrogens is 2. The molecule has 1 N–H and O–H groups in total. The molecule has 0 aliphatic heterocycles. The Labute approximate surface area is 159 Å². The van der Waals surface area contributed by atoms with Gasteiger partial charge in [0.25, 0.3) is 5.56 Å².